The van der Waals surface area contributed by atoms with Gasteiger partial charge in [-0.3, -0.25) is 4.79 Å². The van der Waals surface area contributed by atoms with Gasteiger partial charge < -0.3 is 10.1 Å². The van der Waals surface area contributed by atoms with Crippen LogP contribution in [0.2, 0.25) is 0 Å². The number of benzene rings is 1. The third-order valence-electron chi connectivity index (χ3n) is 3.80. The molecule has 1 aliphatic heterocycles. The average Bonchev–Trinajstić information content (AvgIpc) is 3.13. The molecular weight excluding hydrogens is 419 g/mol. The van der Waals surface area contributed by atoms with Gasteiger partial charge in [-0.25, -0.2) is 8.42 Å². The van der Waals surface area contributed by atoms with E-state index in [1.165, 1.54) is 27.9 Å². The number of hydrogen-bond donors (Lipinski definition) is 1. The van der Waals surface area contributed by atoms with Gasteiger partial charge in [0.2, 0.25) is 10.0 Å². The zero-order valence-electron chi connectivity index (χ0n) is 13.8. The summed E-state index contributed by atoms with van der Waals surface area (Å²) in [7, 11) is -8.79. The van der Waals surface area contributed by atoms with Gasteiger partial charge in [0, 0.05) is 18.8 Å². The number of morpholine rings is 1. The highest BCUT2D eigenvalue weighted by molar-refractivity contribution is 7.89. The number of sulfonamides is 1. The second kappa shape index (κ2) is 7.64. The van der Waals surface area contributed by atoms with Crippen molar-refractivity contribution < 1.29 is 30.3 Å². The second-order valence-corrected chi connectivity index (χ2v) is 9.72. The van der Waals surface area contributed by atoms with Crippen LogP contribution in [-0.2, 0) is 25.0 Å². The molecule has 8 nitrogen and oxygen atoms in total. The van der Waals surface area contributed by atoms with E-state index in [-0.39, 0.29) is 41.8 Å². The van der Waals surface area contributed by atoms with Crippen molar-refractivity contribution in [1.82, 2.24) is 4.31 Å². The summed E-state index contributed by atoms with van der Waals surface area (Å²) < 4.78 is 67.0. The first-order chi connectivity index (χ1) is 12.7. The molecule has 2 aromatic rings. The lowest BCUT2D eigenvalue weighted by Gasteiger charge is -2.26. The fourth-order valence-corrected chi connectivity index (χ4v) is 5.72. The van der Waals surface area contributed by atoms with Crippen molar-refractivity contribution in [3.05, 3.63) is 40.6 Å². The number of carbonyl (C=O) groups is 1. The minimum absolute atomic E-state index is 0.0295. The predicted octanol–water partition coefficient (Wildman–Crippen LogP) is 1.68. The van der Waals surface area contributed by atoms with E-state index in [2.05, 4.69) is 5.32 Å². The van der Waals surface area contributed by atoms with Crippen LogP contribution in [0.5, 0.6) is 0 Å². The highest BCUT2D eigenvalue weighted by Gasteiger charge is 2.31. The summed E-state index contributed by atoms with van der Waals surface area (Å²) in [6.45, 7) is 0.927. The molecule has 1 fully saturated rings. The maximum absolute atomic E-state index is 13.1. The zero-order valence-corrected chi connectivity index (χ0v) is 16.2. The number of rotatable bonds is 5. The van der Waals surface area contributed by atoms with Crippen LogP contribution in [0.25, 0.3) is 0 Å². The van der Waals surface area contributed by atoms with Crippen molar-refractivity contribution in [3.63, 3.8) is 0 Å². The third kappa shape index (κ3) is 4.35. The highest BCUT2D eigenvalue weighted by Crippen LogP contribution is 2.27. The number of anilines is 1. The monoisotopic (exact) mass is 434 g/mol. The summed E-state index contributed by atoms with van der Waals surface area (Å²) in [5.74, 6) is -0.731. The van der Waals surface area contributed by atoms with Crippen LogP contribution in [0.1, 0.15) is 9.67 Å². The summed E-state index contributed by atoms with van der Waals surface area (Å²) >= 11 is 0.936. The Hall–Kier alpha value is -1.86. The normalized spacial score (nSPS) is 16.2. The summed E-state index contributed by atoms with van der Waals surface area (Å²) in [6, 6.07) is 5.98. The average molecular weight is 434 g/mol. The minimum Gasteiger partial charge on any atom is -0.379 e. The Morgan fingerprint density at radius 1 is 1.15 bits per heavy atom. The number of amides is 1. The van der Waals surface area contributed by atoms with Crippen molar-refractivity contribution >= 4 is 43.2 Å². The molecule has 0 bridgehead atoms. The molecule has 1 amide bonds. The van der Waals surface area contributed by atoms with E-state index in [9.17, 15) is 25.5 Å². The molecule has 0 atom stereocenters. The number of hydrogen-bond acceptors (Lipinski definition) is 7. The molecule has 1 aliphatic rings. The summed E-state index contributed by atoms with van der Waals surface area (Å²) in [4.78, 5) is 11.7. The molecule has 0 radical (unpaired) electrons. The van der Waals surface area contributed by atoms with Crippen LogP contribution < -0.4 is 5.32 Å². The van der Waals surface area contributed by atoms with Crippen molar-refractivity contribution in [3.8, 4) is 0 Å². The quantitative estimate of drug-likeness (QED) is 0.717. The highest BCUT2D eigenvalue weighted by atomic mass is 32.3. The first-order valence-corrected chi connectivity index (χ1v) is 11.4. The van der Waals surface area contributed by atoms with Gasteiger partial charge in [0.15, 0.2) is 0 Å². The van der Waals surface area contributed by atoms with Crippen LogP contribution in [0.4, 0.5) is 9.57 Å². The fourth-order valence-electron chi connectivity index (χ4n) is 2.51. The smallest absolute Gasteiger partial charge is 0.332 e. The van der Waals surface area contributed by atoms with Crippen molar-refractivity contribution in [2.45, 2.75) is 9.79 Å². The lowest BCUT2D eigenvalue weighted by atomic mass is 10.3. The van der Waals surface area contributed by atoms with Crippen LogP contribution in [0, 0.1) is 0 Å². The Balaban J connectivity index is 1.86. The van der Waals surface area contributed by atoms with Crippen LogP contribution in [-0.4, -0.2) is 53.4 Å². The van der Waals surface area contributed by atoms with Gasteiger partial charge in [-0.15, -0.1) is 15.2 Å². The first-order valence-electron chi connectivity index (χ1n) is 7.71. The summed E-state index contributed by atoms with van der Waals surface area (Å²) in [6.07, 6.45) is 0. The maximum Gasteiger partial charge on any atom is 0.332 e. The summed E-state index contributed by atoms with van der Waals surface area (Å²) in [5.41, 5.74) is 0.0295. The molecule has 146 valence electrons. The molecule has 1 N–H and O–H groups in total. The van der Waals surface area contributed by atoms with Gasteiger partial charge in [-0.1, -0.05) is 6.07 Å². The lowest BCUT2D eigenvalue weighted by Crippen LogP contribution is -2.41. The summed E-state index contributed by atoms with van der Waals surface area (Å²) in [5, 5.41) is 3.88. The van der Waals surface area contributed by atoms with E-state index in [1.807, 2.05) is 0 Å². The van der Waals surface area contributed by atoms with Gasteiger partial charge in [0.1, 0.15) is 14.7 Å². The lowest BCUT2D eigenvalue weighted by molar-refractivity contribution is 0.0730. The Kier molecular flexibility index (Phi) is 5.63. The molecule has 12 heteroatoms. The van der Waals surface area contributed by atoms with Gasteiger partial charge in [-0.2, -0.15) is 12.7 Å². The molecule has 1 aromatic carbocycles. The Morgan fingerprint density at radius 2 is 1.85 bits per heavy atom. The molecule has 0 aliphatic carbocycles. The predicted molar refractivity (Wildman–Crippen MR) is 96.6 cm³/mol. The van der Waals surface area contributed by atoms with E-state index < -0.39 is 31.0 Å². The molecule has 1 aromatic heterocycles. The number of carbonyl (C=O) groups excluding carboxylic acids is 1. The van der Waals surface area contributed by atoms with Gasteiger partial charge in [0.25, 0.3) is 5.91 Å². The molecule has 0 saturated carbocycles. The van der Waals surface area contributed by atoms with Gasteiger partial charge in [-0.05, 0) is 29.6 Å². The third-order valence-corrected chi connectivity index (χ3v) is 7.60. The molecule has 27 heavy (non-hydrogen) atoms. The first kappa shape index (κ1) is 19.9. The van der Waals surface area contributed by atoms with Gasteiger partial charge in [0.05, 0.1) is 13.2 Å². The Bertz CT molecular complexity index is 1060. The number of ether oxygens (including phenoxy) is 1. The minimum atomic E-state index is -4.92. The Morgan fingerprint density at radius 3 is 2.52 bits per heavy atom. The molecule has 0 spiro atoms. The molecule has 2 heterocycles. The van der Waals surface area contributed by atoms with Crippen molar-refractivity contribution in [2.24, 2.45) is 0 Å². The van der Waals surface area contributed by atoms with Crippen LogP contribution in [0.15, 0.2) is 45.5 Å². The largest absolute Gasteiger partial charge is 0.379 e. The SMILES string of the molecule is O=C(Nc1cccc(S(=O)(=O)F)c1)c1sccc1S(=O)(=O)N1CCOCC1. The fraction of sp³-hybridized carbons (Fsp3) is 0.267. The Labute approximate surface area is 159 Å². The van der Waals surface area contributed by atoms with Crippen molar-refractivity contribution in [1.29, 1.82) is 0 Å². The topological polar surface area (TPSA) is 110 Å². The molecular formula is C15H15FN2O6S3. The van der Waals surface area contributed by atoms with Crippen LogP contribution >= 0.6 is 11.3 Å². The molecule has 1 saturated heterocycles. The van der Waals surface area contributed by atoms with Crippen molar-refractivity contribution in [2.75, 3.05) is 31.6 Å². The molecule has 0 unspecified atom stereocenters. The van der Waals surface area contributed by atoms with E-state index in [0.29, 0.717) is 0 Å². The molecule has 3 rings (SSSR count). The van der Waals surface area contributed by atoms with Crippen LogP contribution in [0.3, 0.4) is 0 Å². The number of nitrogens with zero attached hydrogens (tertiary/aromatic N) is 1. The van der Waals surface area contributed by atoms with E-state index in [1.54, 1.807) is 0 Å². The number of halogens is 1. The second-order valence-electron chi connectivity index (χ2n) is 5.55. The van der Waals surface area contributed by atoms with Gasteiger partial charge >= 0.3 is 10.2 Å². The number of nitrogens with one attached hydrogen (secondary N) is 1. The van der Waals surface area contributed by atoms with E-state index in [0.717, 1.165) is 23.5 Å². The van der Waals surface area contributed by atoms with E-state index in [4.69, 9.17) is 4.74 Å². The zero-order chi connectivity index (χ0) is 19.7. The maximum atomic E-state index is 13.1. The standard InChI is InChI=1S/C15H15FN2O6S3/c16-26(20,21)12-3-1-2-11(10-12)17-15(19)14-13(4-9-25-14)27(22,23)18-5-7-24-8-6-18/h1-4,9-10H,5-8H2,(H,17,19). The number of thiophene rings is 1. The van der Waals surface area contributed by atoms with E-state index >= 15 is 0 Å².